The first-order valence-corrected chi connectivity index (χ1v) is 7.85. The molecule has 4 nitrogen and oxygen atoms in total. The molecule has 1 N–H and O–H groups in total. The highest BCUT2D eigenvalue weighted by Gasteiger charge is 2.42. The van der Waals surface area contributed by atoms with Crippen LogP contribution in [-0.4, -0.2) is 42.3 Å². The van der Waals surface area contributed by atoms with Crippen LogP contribution in [0.15, 0.2) is 0 Å². The maximum atomic E-state index is 12.5. The van der Waals surface area contributed by atoms with Crippen molar-refractivity contribution in [2.75, 3.05) is 13.2 Å². The molecule has 0 spiro atoms. The molecule has 2 fully saturated rings. The summed E-state index contributed by atoms with van der Waals surface area (Å²) in [4.78, 5) is 14.5. The zero-order valence-corrected chi connectivity index (χ0v) is 12.5. The van der Waals surface area contributed by atoms with Gasteiger partial charge in [0.15, 0.2) is 0 Å². The Balaban J connectivity index is 2.03. The molecule has 4 heteroatoms. The number of hydrogen-bond donors (Lipinski definition) is 1. The van der Waals surface area contributed by atoms with E-state index in [0.717, 1.165) is 13.0 Å². The molecule has 3 unspecified atom stereocenters. The van der Waals surface area contributed by atoms with Crippen LogP contribution in [-0.2, 0) is 9.53 Å². The molecule has 1 aliphatic heterocycles. The van der Waals surface area contributed by atoms with Crippen LogP contribution in [0.3, 0.4) is 0 Å². The number of nitrogens with one attached hydrogen (secondary N) is 1. The van der Waals surface area contributed by atoms with Crippen molar-refractivity contribution < 1.29 is 9.53 Å². The fraction of sp³-hybridized carbons (Fsp3) is 0.933. The molecular formula is C15H28N2O2. The zero-order chi connectivity index (χ0) is 13.8. The Morgan fingerprint density at radius 3 is 2.63 bits per heavy atom. The highest BCUT2D eigenvalue weighted by Crippen LogP contribution is 2.32. The summed E-state index contributed by atoms with van der Waals surface area (Å²) in [6, 6.07) is 0.0134. The molecule has 1 aliphatic carbocycles. The second kappa shape index (κ2) is 6.71. The summed E-state index contributed by atoms with van der Waals surface area (Å²) in [6.45, 7) is 7.57. The fourth-order valence-corrected chi connectivity index (χ4v) is 3.48. The van der Waals surface area contributed by atoms with Gasteiger partial charge in [0.2, 0.25) is 5.91 Å². The largest absolute Gasteiger partial charge is 0.377 e. The summed E-state index contributed by atoms with van der Waals surface area (Å²) in [5.74, 6) is 0.903. The summed E-state index contributed by atoms with van der Waals surface area (Å²) in [5, 5.41) is 3.55. The van der Waals surface area contributed by atoms with Crippen molar-refractivity contribution in [3.63, 3.8) is 0 Å². The van der Waals surface area contributed by atoms with Crippen molar-refractivity contribution in [1.82, 2.24) is 10.2 Å². The van der Waals surface area contributed by atoms with Crippen LogP contribution in [0.1, 0.15) is 52.9 Å². The standard InChI is InChI=1S/C15H28N2O2/c1-4-13-15(18)17(10-11(3)19-5-2)14(16-13)12-8-6-7-9-12/h11-14,16H,4-10H2,1-3H3. The average molecular weight is 268 g/mol. The molecule has 1 saturated heterocycles. The molecule has 2 rings (SSSR count). The molecule has 0 aromatic heterocycles. The number of amides is 1. The topological polar surface area (TPSA) is 41.6 Å². The molecule has 1 amide bonds. The third kappa shape index (κ3) is 3.29. The first-order valence-electron chi connectivity index (χ1n) is 7.85. The Hall–Kier alpha value is -0.610. The summed E-state index contributed by atoms with van der Waals surface area (Å²) in [5.41, 5.74) is 0. The fourth-order valence-electron chi connectivity index (χ4n) is 3.48. The Bertz CT molecular complexity index is 303. The van der Waals surface area contributed by atoms with E-state index in [1.54, 1.807) is 0 Å². The van der Waals surface area contributed by atoms with Gasteiger partial charge in [-0.25, -0.2) is 0 Å². The van der Waals surface area contributed by atoms with Crippen molar-refractivity contribution in [2.45, 2.75) is 71.2 Å². The summed E-state index contributed by atoms with van der Waals surface area (Å²) in [6.07, 6.45) is 6.35. The maximum absolute atomic E-state index is 12.5. The van der Waals surface area contributed by atoms with Gasteiger partial charge in [0.25, 0.3) is 0 Å². The van der Waals surface area contributed by atoms with Gasteiger partial charge in [-0.3, -0.25) is 10.1 Å². The van der Waals surface area contributed by atoms with Crippen LogP contribution in [0.25, 0.3) is 0 Å². The molecule has 0 radical (unpaired) electrons. The Kier molecular flexibility index (Phi) is 5.22. The van der Waals surface area contributed by atoms with Crippen LogP contribution < -0.4 is 5.32 Å². The Labute approximate surface area is 116 Å². The molecule has 3 atom stereocenters. The number of nitrogens with zero attached hydrogens (tertiary/aromatic N) is 1. The highest BCUT2D eigenvalue weighted by atomic mass is 16.5. The first kappa shape index (κ1) is 14.8. The molecule has 2 aliphatic rings. The Morgan fingerprint density at radius 2 is 2.05 bits per heavy atom. The predicted molar refractivity (Wildman–Crippen MR) is 75.8 cm³/mol. The van der Waals surface area contributed by atoms with Crippen LogP contribution >= 0.6 is 0 Å². The lowest BCUT2D eigenvalue weighted by atomic mass is 10.0. The van der Waals surface area contributed by atoms with Gasteiger partial charge in [-0.05, 0) is 39.0 Å². The van der Waals surface area contributed by atoms with E-state index in [9.17, 15) is 4.79 Å². The van der Waals surface area contributed by atoms with E-state index in [4.69, 9.17) is 4.74 Å². The van der Waals surface area contributed by atoms with Crippen molar-refractivity contribution in [1.29, 1.82) is 0 Å². The molecule has 19 heavy (non-hydrogen) atoms. The predicted octanol–water partition coefficient (Wildman–Crippen LogP) is 2.14. The monoisotopic (exact) mass is 268 g/mol. The van der Waals surface area contributed by atoms with E-state index in [0.29, 0.717) is 12.5 Å². The van der Waals surface area contributed by atoms with Gasteiger partial charge in [-0.2, -0.15) is 0 Å². The van der Waals surface area contributed by atoms with E-state index in [1.165, 1.54) is 25.7 Å². The molecule has 0 aromatic rings. The van der Waals surface area contributed by atoms with E-state index < -0.39 is 0 Å². The van der Waals surface area contributed by atoms with Gasteiger partial charge in [-0.1, -0.05) is 19.8 Å². The summed E-state index contributed by atoms with van der Waals surface area (Å²) >= 11 is 0. The van der Waals surface area contributed by atoms with Crippen molar-refractivity contribution in [3.05, 3.63) is 0 Å². The van der Waals surface area contributed by atoms with Crippen LogP contribution in [0, 0.1) is 5.92 Å². The molecule has 1 heterocycles. The molecule has 110 valence electrons. The minimum atomic E-state index is 0.0134. The lowest BCUT2D eigenvalue weighted by Crippen LogP contribution is -2.45. The number of ether oxygens (including phenoxy) is 1. The molecule has 0 bridgehead atoms. The normalized spacial score (nSPS) is 30.3. The van der Waals surface area contributed by atoms with Gasteiger partial charge in [0, 0.05) is 13.2 Å². The van der Waals surface area contributed by atoms with Gasteiger partial charge in [0.05, 0.1) is 18.3 Å². The number of hydrogen-bond acceptors (Lipinski definition) is 3. The highest BCUT2D eigenvalue weighted by molar-refractivity contribution is 5.84. The van der Waals surface area contributed by atoms with E-state index >= 15 is 0 Å². The lowest BCUT2D eigenvalue weighted by Gasteiger charge is -2.31. The summed E-state index contributed by atoms with van der Waals surface area (Å²) in [7, 11) is 0. The zero-order valence-electron chi connectivity index (χ0n) is 12.5. The molecular weight excluding hydrogens is 240 g/mol. The second-order valence-corrected chi connectivity index (χ2v) is 5.87. The van der Waals surface area contributed by atoms with E-state index in [2.05, 4.69) is 19.2 Å². The van der Waals surface area contributed by atoms with Gasteiger partial charge >= 0.3 is 0 Å². The number of carbonyl (C=O) groups is 1. The van der Waals surface area contributed by atoms with Crippen LogP contribution in [0.5, 0.6) is 0 Å². The average Bonchev–Trinajstić information content (AvgIpc) is 2.99. The van der Waals surface area contributed by atoms with Crippen LogP contribution in [0.2, 0.25) is 0 Å². The quantitative estimate of drug-likeness (QED) is 0.802. The molecule has 1 saturated carbocycles. The third-order valence-corrected chi connectivity index (χ3v) is 4.45. The van der Waals surface area contributed by atoms with Crippen molar-refractivity contribution in [2.24, 2.45) is 5.92 Å². The third-order valence-electron chi connectivity index (χ3n) is 4.45. The van der Waals surface area contributed by atoms with Crippen molar-refractivity contribution in [3.8, 4) is 0 Å². The van der Waals surface area contributed by atoms with E-state index in [-0.39, 0.29) is 24.2 Å². The van der Waals surface area contributed by atoms with Crippen LogP contribution in [0.4, 0.5) is 0 Å². The van der Waals surface area contributed by atoms with Gasteiger partial charge < -0.3 is 9.64 Å². The first-order chi connectivity index (χ1) is 9.17. The summed E-state index contributed by atoms with van der Waals surface area (Å²) < 4.78 is 5.61. The van der Waals surface area contributed by atoms with E-state index in [1.807, 2.05) is 11.8 Å². The SMILES string of the molecule is CCOC(C)CN1C(=O)C(CC)NC1C1CCCC1. The smallest absolute Gasteiger partial charge is 0.241 e. The maximum Gasteiger partial charge on any atom is 0.241 e. The lowest BCUT2D eigenvalue weighted by molar-refractivity contribution is -0.132. The number of carbonyl (C=O) groups excluding carboxylic acids is 1. The second-order valence-electron chi connectivity index (χ2n) is 5.87. The molecule has 0 aromatic carbocycles. The van der Waals surface area contributed by atoms with Crippen molar-refractivity contribution >= 4 is 5.91 Å². The minimum Gasteiger partial charge on any atom is -0.377 e. The Morgan fingerprint density at radius 1 is 1.37 bits per heavy atom. The minimum absolute atomic E-state index is 0.0134. The van der Waals surface area contributed by atoms with Gasteiger partial charge in [0.1, 0.15) is 0 Å². The number of rotatable bonds is 6. The van der Waals surface area contributed by atoms with Gasteiger partial charge in [-0.15, -0.1) is 0 Å².